The van der Waals surface area contributed by atoms with Crippen LogP contribution in [0.25, 0.3) is 0 Å². The molecule has 1 aliphatic rings. The molecule has 2 aromatic rings. The first kappa shape index (κ1) is 24.2. The number of carbonyl (C=O) groups excluding carboxylic acids is 1. The van der Waals surface area contributed by atoms with Gasteiger partial charge in [0.1, 0.15) is 0 Å². The molecule has 31 heavy (non-hydrogen) atoms. The first-order valence-electron chi connectivity index (χ1n) is 10.2. The minimum atomic E-state index is -3.60. The first-order valence-corrected chi connectivity index (χ1v) is 13.8. The van der Waals surface area contributed by atoms with Gasteiger partial charge in [-0.3, -0.25) is 9.10 Å². The zero-order valence-electron chi connectivity index (χ0n) is 17.3. The Hall–Kier alpha value is -1.41. The van der Waals surface area contributed by atoms with E-state index < -0.39 is 10.0 Å². The summed E-state index contributed by atoms with van der Waals surface area (Å²) in [6.45, 7) is 0.615. The first-order chi connectivity index (χ1) is 14.8. The fraction of sp³-hybridized carbons (Fsp3) is 0.409. The highest BCUT2D eigenvalue weighted by Crippen LogP contribution is 2.30. The maximum Gasteiger partial charge on any atom is 0.251 e. The van der Waals surface area contributed by atoms with Crippen LogP contribution in [0.4, 0.5) is 5.69 Å². The van der Waals surface area contributed by atoms with Crippen LogP contribution in [0.15, 0.2) is 42.5 Å². The Labute approximate surface area is 198 Å². The van der Waals surface area contributed by atoms with Gasteiger partial charge in [0.25, 0.3) is 5.91 Å². The van der Waals surface area contributed by atoms with Gasteiger partial charge in [-0.15, -0.1) is 0 Å². The van der Waals surface area contributed by atoms with E-state index in [4.69, 9.17) is 23.2 Å². The Balaban J connectivity index is 1.64. The standard InChI is InChI=1S/C22H26Cl2N2O3S2/c1-31(28,29)26(15-19-20(23)7-4-8-21(19)24)17-11-9-16(10-12-17)22(27)25-13-14-30-18-5-2-3-6-18/h4,7-12,18H,2-3,5-6,13-15H2,1H3,(H,25,27). The van der Waals surface area contributed by atoms with Crippen LogP contribution in [0.1, 0.15) is 41.6 Å². The van der Waals surface area contributed by atoms with Crippen LogP contribution < -0.4 is 9.62 Å². The van der Waals surface area contributed by atoms with Gasteiger partial charge in [-0.1, -0.05) is 42.1 Å². The number of sulfonamides is 1. The van der Waals surface area contributed by atoms with E-state index in [9.17, 15) is 13.2 Å². The second-order valence-corrected chi connectivity index (χ2v) is 11.7. The largest absolute Gasteiger partial charge is 0.351 e. The Morgan fingerprint density at radius 1 is 1.10 bits per heavy atom. The lowest BCUT2D eigenvalue weighted by atomic mass is 10.1. The van der Waals surface area contributed by atoms with E-state index in [1.165, 1.54) is 30.0 Å². The number of hydrogen-bond acceptors (Lipinski definition) is 4. The lowest BCUT2D eigenvalue weighted by Gasteiger charge is -2.23. The highest BCUT2D eigenvalue weighted by Gasteiger charge is 2.21. The van der Waals surface area contributed by atoms with Crippen molar-refractivity contribution in [1.29, 1.82) is 0 Å². The minimum absolute atomic E-state index is 0.00126. The van der Waals surface area contributed by atoms with E-state index in [2.05, 4.69) is 5.32 Å². The summed E-state index contributed by atoms with van der Waals surface area (Å²) in [5.74, 6) is 0.730. The van der Waals surface area contributed by atoms with Crippen molar-refractivity contribution in [2.75, 3.05) is 22.9 Å². The predicted molar refractivity (Wildman–Crippen MR) is 131 cm³/mol. The van der Waals surface area contributed by atoms with Gasteiger partial charge in [-0.25, -0.2) is 8.42 Å². The molecule has 0 radical (unpaired) electrons. The van der Waals surface area contributed by atoms with Gasteiger partial charge in [0.15, 0.2) is 0 Å². The van der Waals surface area contributed by atoms with Crippen LogP contribution in [0, 0.1) is 0 Å². The molecule has 1 N–H and O–H groups in total. The normalized spacial score (nSPS) is 14.5. The zero-order valence-corrected chi connectivity index (χ0v) is 20.5. The highest BCUT2D eigenvalue weighted by atomic mass is 35.5. The molecule has 1 saturated carbocycles. The number of hydrogen-bond donors (Lipinski definition) is 1. The molecular weight excluding hydrogens is 475 g/mol. The number of rotatable bonds is 9. The van der Waals surface area contributed by atoms with Crippen LogP contribution in [0.5, 0.6) is 0 Å². The maximum absolute atomic E-state index is 12.4. The van der Waals surface area contributed by atoms with Gasteiger partial charge < -0.3 is 5.32 Å². The summed E-state index contributed by atoms with van der Waals surface area (Å²) in [5, 5.41) is 4.45. The number of carbonyl (C=O) groups is 1. The van der Waals surface area contributed by atoms with Gasteiger partial charge in [0, 0.05) is 38.7 Å². The Morgan fingerprint density at radius 2 is 1.71 bits per heavy atom. The van der Waals surface area contributed by atoms with Crippen molar-refractivity contribution >= 4 is 56.6 Å². The molecule has 1 aliphatic carbocycles. The van der Waals surface area contributed by atoms with Gasteiger partial charge in [0.2, 0.25) is 10.0 Å². The minimum Gasteiger partial charge on any atom is -0.351 e. The average molecular weight is 502 g/mol. The fourth-order valence-corrected chi connectivity index (χ4v) is 6.16. The van der Waals surface area contributed by atoms with Gasteiger partial charge in [-0.05, 0) is 49.2 Å². The van der Waals surface area contributed by atoms with Crippen molar-refractivity contribution in [3.8, 4) is 0 Å². The number of nitrogens with zero attached hydrogens (tertiary/aromatic N) is 1. The molecule has 1 fully saturated rings. The summed E-state index contributed by atoms with van der Waals surface area (Å²) in [7, 11) is -3.60. The second kappa shape index (κ2) is 10.9. The fourth-order valence-electron chi connectivity index (χ4n) is 3.55. The van der Waals surface area contributed by atoms with E-state index in [1.807, 2.05) is 11.8 Å². The molecule has 5 nitrogen and oxygen atoms in total. The van der Waals surface area contributed by atoms with Crippen molar-refractivity contribution < 1.29 is 13.2 Å². The number of thioether (sulfide) groups is 1. The molecule has 9 heteroatoms. The van der Waals surface area contributed by atoms with E-state index in [1.54, 1.807) is 42.5 Å². The molecule has 0 saturated heterocycles. The summed E-state index contributed by atoms with van der Waals surface area (Å²) < 4.78 is 26.1. The number of nitrogens with one attached hydrogen (secondary N) is 1. The SMILES string of the molecule is CS(=O)(=O)N(Cc1c(Cl)cccc1Cl)c1ccc(C(=O)NCCSC2CCCC2)cc1. The smallest absolute Gasteiger partial charge is 0.251 e. The van der Waals surface area contributed by atoms with Crippen LogP contribution in [0.3, 0.4) is 0 Å². The van der Waals surface area contributed by atoms with Crippen LogP contribution >= 0.6 is 35.0 Å². The molecule has 0 heterocycles. The highest BCUT2D eigenvalue weighted by molar-refractivity contribution is 7.99. The molecule has 0 bridgehead atoms. The average Bonchev–Trinajstić information content (AvgIpc) is 3.24. The van der Waals surface area contributed by atoms with Crippen molar-refractivity contribution in [1.82, 2.24) is 5.32 Å². The zero-order chi connectivity index (χ0) is 22.4. The summed E-state index contributed by atoms with van der Waals surface area (Å²) in [5.41, 5.74) is 1.45. The van der Waals surface area contributed by atoms with Gasteiger partial charge >= 0.3 is 0 Å². The molecule has 0 spiro atoms. The third-order valence-corrected chi connectivity index (χ3v) is 8.46. The molecule has 168 valence electrons. The summed E-state index contributed by atoms with van der Waals surface area (Å²) in [6, 6.07) is 11.5. The molecule has 2 aromatic carbocycles. The van der Waals surface area contributed by atoms with Gasteiger partial charge in [-0.2, -0.15) is 11.8 Å². The summed E-state index contributed by atoms with van der Waals surface area (Å²) in [6.07, 6.45) is 6.29. The monoisotopic (exact) mass is 500 g/mol. The lowest BCUT2D eigenvalue weighted by Crippen LogP contribution is -2.30. The molecule has 0 aliphatic heterocycles. The Kier molecular flexibility index (Phi) is 8.56. The molecule has 0 unspecified atom stereocenters. The van der Waals surface area contributed by atoms with E-state index in [0.717, 1.165) is 17.3 Å². The quantitative estimate of drug-likeness (QED) is 0.470. The number of amides is 1. The predicted octanol–water partition coefficient (Wildman–Crippen LogP) is 5.37. The van der Waals surface area contributed by atoms with E-state index >= 15 is 0 Å². The van der Waals surface area contributed by atoms with Gasteiger partial charge in [0.05, 0.1) is 18.5 Å². The third kappa shape index (κ3) is 6.78. The Morgan fingerprint density at radius 3 is 2.29 bits per heavy atom. The van der Waals surface area contributed by atoms with Crippen molar-refractivity contribution in [2.45, 2.75) is 37.5 Å². The number of benzene rings is 2. The van der Waals surface area contributed by atoms with Crippen molar-refractivity contribution in [3.63, 3.8) is 0 Å². The molecule has 0 aromatic heterocycles. The van der Waals surface area contributed by atoms with E-state index in [0.29, 0.717) is 33.4 Å². The lowest BCUT2D eigenvalue weighted by molar-refractivity contribution is 0.0956. The molecule has 0 atom stereocenters. The number of anilines is 1. The number of halogens is 2. The van der Waals surface area contributed by atoms with Crippen molar-refractivity contribution in [2.24, 2.45) is 0 Å². The summed E-state index contributed by atoms with van der Waals surface area (Å²) >= 11 is 14.4. The van der Waals surface area contributed by atoms with Crippen LogP contribution in [-0.4, -0.2) is 38.1 Å². The second-order valence-electron chi connectivity index (χ2n) is 7.55. The van der Waals surface area contributed by atoms with Crippen LogP contribution in [-0.2, 0) is 16.6 Å². The summed E-state index contributed by atoms with van der Waals surface area (Å²) in [4.78, 5) is 12.4. The molecular formula is C22H26Cl2N2O3S2. The van der Waals surface area contributed by atoms with Crippen LogP contribution in [0.2, 0.25) is 10.0 Å². The van der Waals surface area contributed by atoms with Crippen molar-refractivity contribution in [3.05, 3.63) is 63.6 Å². The molecule has 1 amide bonds. The third-order valence-electron chi connectivity index (χ3n) is 5.22. The Bertz CT molecular complexity index is 988. The van der Waals surface area contributed by atoms with E-state index in [-0.39, 0.29) is 12.5 Å². The maximum atomic E-state index is 12.4. The molecule has 3 rings (SSSR count). The topological polar surface area (TPSA) is 66.5 Å².